The first kappa shape index (κ1) is 15.9. The van der Waals surface area contributed by atoms with Gasteiger partial charge in [-0.25, -0.2) is 0 Å². The molecule has 0 amide bonds. The van der Waals surface area contributed by atoms with Crippen LogP contribution in [0.5, 0.6) is 0 Å². The van der Waals surface area contributed by atoms with Crippen LogP contribution in [-0.4, -0.2) is 0 Å². The minimum Gasteiger partial charge on any atom is -0.0651 e. The molecule has 3 aromatic carbocycles. The molecule has 1 aliphatic rings. The second-order valence-electron chi connectivity index (χ2n) is 6.80. The van der Waals surface area contributed by atoms with Gasteiger partial charge >= 0.3 is 0 Å². The van der Waals surface area contributed by atoms with Crippen LogP contribution in [0.25, 0.3) is 28.3 Å². The summed E-state index contributed by atoms with van der Waals surface area (Å²) in [7, 11) is 0. The number of rotatable bonds is 4. The summed E-state index contributed by atoms with van der Waals surface area (Å²) in [6.45, 7) is 4.44. The minimum atomic E-state index is 1.11. The summed E-state index contributed by atoms with van der Waals surface area (Å²) in [5.74, 6) is 0. The Morgan fingerprint density at radius 3 is 2.24 bits per heavy atom. The van der Waals surface area contributed by atoms with E-state index in [1.165, 1.54) is 44.5 Å². The van der Waals surface area contributed by atoms with Gasteiger partial charge in [0.15, 0.2) is 0 Å². The normalized spacial score (nSPS) is 12.8. The number of allylic oxidation sites excluding steroid dienone is 1. The van der Waals surface area contributed by atoms with Crippen molar-refractivity contribution in [3.63, 3.8) is 0 Å². The summed E-state index contributed by atoms with van der Waals surface area (Å²) in [5.41, 5.74) is 10.8. The van der Waals surface area contributed by atoms with E-state index >= 15 is 0 Å². The average molecular weight is 323 g/mol. The summed E-state index contributed by atoms with van der Waals surface area (Å²) < 4.78 is 0. The lowest BCUT2D eigenvalue weighted by atomic mass is 9.86. The molecule has 3 aromatic rings. The average Bonchev–Trinajstić information content (AvgIpc) is 3.03. The number of fused-ring (bicyclic) bond motifs is 1. The largest absolute Gasteiger partial charge is 0.0651 e. The molecule has 0 spiro atoms. The van der Waals surface area contributed by atoms with E-state index in [-0.39, 0.29) is 0 Å². The Morgan fingerprint density at radius 2 is 1.48 bits per heavy atom. The lowest BCUT2D eigenvalue weighted by molar-refractivity contribution is 0.923. The predicted octanol–water partition coefficient (Wildman–Crippen LogP) is 6.94. The smallest absolute Gasteiger partial charge is 0.0161 e. The maximum absolute atomic E-state index is 2.34. The van der Waals surface area contributed by atoms with Crippen LogP contribution in [0.4, 0.5) is 0 Å². The molecule has 0 N–H and O–H groups in total. The molecule has 0 unspecified atom stereocenters. The van der Waals surface area contributed by atoms with Crippen LogP contribution in [-0.2, 0) is 6.42 Å². The standard InChI is InChI=1S/C25H23/c1-3-9-20-14-15-21-16-18(2)17-24(21)25(20)23-13-8-7-12-22(23)19-10-5-4-6-11-19/h4-8,10-17H,3,9H2,1-2H3. The maximum atomic E-state index is 2.34. The van der Waals surface area contributed by atoms with E-state index in [1.54, 1.807) is 0 Å². The van der Waals surface area contributed by atoms with Crippen molar-refractivity contribution in [2.24, 2.45) is 0 Å². The highest BCUT2D eigenvalue weighted by molar-refractivity contribution is 5.92. The van der Waals surface area contributed by atoms with Crippen LogP contribution in [0.3, 0.4) is 0 Å². The Balaban J connectivity index is 1.99. The maximum Gasteiger partial charge on any atom is 0.0161 e. The molecule has 4 rings (SSSR count). The molecule has 0 fully saturated rings. The number of benzene rings is 3. The zero-order valence-corrected chi connectivity index (χ0v) is 14.9. The highest BCUT2D eigenvalue weighted by Crippen LogP contribution is 2.41. The molecule has 0 heteroatoms. The molecule has 0 bridgehead atoms. The topological polar surface area (TPSA) is 0 Å². The quantitative estimate of drug-likeness (QED) is 0.487. The van der Waals surface area contributed by atoms with Crippen molar-refractivity contribution in [3.05, 3.63) is 95.4 Å². The Morgan fingerprint density at radius 1 is 0.760 bits per heavy atom. The van der Waals surface area contributed by atoms with Gasteiger partial charge in [-0.1, -0.05) is 91.7 Å². The van der Waals surface area contributed by atoms with Gasteiger partial charge in [-0.15, -0.1) is 0 Å². The van der Waals surface area contributed by atoms with Crippen LogP contribution in [0.15, 0.2) is 72.3 Å². The monoisotopic (exact) mass is 323 g/mol. The molecule has 1 aliphatic carbocycles. The van der Waals surface area contributed by atoms with Gasteiger partial charge in [0.1, 0.15) is 0 Å². The van der Waals surface area contributed by atoms with Gasteiger partial charge in [0.25, 0.3) is 0 Å². The first-order chi connectivity index (χ1) is 12.3. The van der Waals surface area contributed by atoms with E-state index in [1.807, 2.05) is 0 Å². The Labute approximate surface area is 150 Å². The molecule has 0 atom stereocenters. The van der Waals surface area contributed by atoms with E-state index < -0.39 is 0 Å². The van der Waals surface area contributed by atoms with Crippen LogP contribution in [0.1, 0.15) is 37.0 Å². The van der Waals surface area contributed by atoms with Crippen molar-refractivity contribution in [3.8, 4) is 22.3 Å². The molecule has 0 aromatic heterocycles. The first-order valence-electron chi connectivity index (χ1n) is 9.11. The Kier molecular flexibility index (Phi) is 4.28. The van der Waals surface area contributed by atoms with Crippen LogP contribution in [0.2, 0.25) is 0 Å². The highest BCUT2D eigenvalue weighted by atomic mass is 14.2. The van der Waals surface area contributed by atoms with E-state index in [2.05, 4.69) is 93.1 Å². The van der Waals surface area contributed by atoms with Gasteiger partial charge in [-0.3, -0.25) is 0 Å². The van der Waals surface area contributed by atoms with Crippen LogP contribution >= 0.6 is 0 Å². The highest BCUT2D eigenvalue weighted by Gasteiger charge is 2.20. The number of hydrogen-bond acceptors (Lipinski definition) is 0. The third kappa shape index (κ3) is 2.93. The molecular weight excluding hydrogens is 300 g/mol. The molecule has 0 saturated heterocycles. The van der Waals surface area contributed by atoms with Crippen molar-refractivity contribution in [2.75, 3.05) is 0 Å². The zero-order chi connectivity index (χ0) is 17.2. The second-order valence-corrected chi connectivity index (χ2v) is 6.80. The number of aryl methyl sites for hydroxylation is 1. The summed E-state index contributed by atoms with van der Waals surface area (Å²) in [6.07, 6.45) is 6.90. The molecule has 0 nitrogen and oxygen atoms in total. The fourth-order valence-electron chi connectivity index (χ4n) is 3.84. The lowest BCUT2D eigenvalue weighted by Crippen LogP contribution is -1.96. The third-order valence-electron chi connectivity index (χ3n) is 4.92. The summed E-state index contributed by atoms with van der Waals surface area (Å²) >= 11 is 0. The van der Waals surface area contributed by atoms with E-state index in [0.717, 1.165) is 12.8 Å². The number of hydrogen-bond donors (Lipinski definition) is 0. The van der Waals surface area contributed by atoms with Gasteiger partial charge in [0.2, 0.25) is 0 Å². The molecule has 0 heterocycles. The van der Waals surface area contributed by atoms with Gasteiger partial charge in [-0.05, 0) is 52.3 Å². The van der Waals surface area contributed by atoms with Crippen molar-refractivity contribution in [2.45, 2.75) is 26.7 Å². The minimum absolute atomic E-state index is 1.11. The van der Waals surface area contributed by atoms with Gasteiger partial charge in [-0.2, -0.15) is 0 Å². The SMILES string of the molecule is CCCc1ccc2c(c1-c1ccccc1-c1ccccc1)C=C(C)[CH]2. The molecule has 123 valence electrons. The van der Waals surface area contributed by atoms with Gasteiger partial charge < -0.3 is 0 Å². The van der Waals surface area contributed by atoms with E-state index in [4.69, 9.17) is 0 Å². The summed E-state index contributed by atoms with van der Waals surface area (Å²) in [6, 6.07) is 24.1. The van der Waals surface area contributed by atoms with Crippen molar-refractivity contribution >= 4 is 6.08 Å². The van der Waals surface area contributed by atoms with Crippen molar-refractivity contribution in [1.29, 1.82) is 0 Å². The molecule has 0 aliphatic heterocycles. The molecule has 1 radical (unpaired) electrons. The lowest BCUT2D eigenvalue weighted by Gasteiger charge is -2.18. The summed E-state index contributed by atoms with van der Waals surface area (Å²) in [4.78, 5) is 0. The first-order valence-corrected chi connectivity index (χ1v) is 9.11. The Hall–Kier alpha value is -2.60. The molecule has 0 saturated carbocycles. The molecular formula is C25H23. The third-order valence-corrected chi connectivity index (χ3v) is 4.92. The van der Waals surface area contributed by atoms with Crippen LogP contribution < -0.4 is 0 Å². The van der Waals surface area contributed by atoms with Gasteiger partial charge in [0.05, 0.1) is 0 Å². The predicted molar refractivity (Wildman–Crippen MR) is 108 cm³/mol. The Bertz CT molecular complexity index is 930. The van der Waals surface area contributed by atoms with Crippen molar-refractivity contribution in [1.82, 2.24) is 0 Å². The van der Waals surface area contributed by atoms with E-state index in [9.17, 15) is 0 Å². The zero-order valence-electron chi connectivity index (χ0n) is 14.9. The fraction of sp³-hybridized carbons (Fsp3) is 0.160. The van der Waals surface area contributed by atoms with Crippen molar-refractivity contribution < 1.29 is 0 Å². The second kappa shape index (κ2) is 6.72. The molecule has 25 heavy (non-hydrogen) atoms. The fourth-order valence-corrected chi connectivity index (χ4v) is 3.84. The van der Waals surface area contributed by atoms with E-state index in [0.29, 0.717) is 0 Å². The van der Waals surface area contributed by atoms with Gasteiger partial charge in [0, 0.05) is 6.42 Å². The van der Waals surface area contributed by atoms with Crippen LogP contribution in [0, 0.1) is 6.42 Å². The summed E-state index contributed by atoms with van der Waals surface area (Å²) in [5, 5.41) is 0.